The van der Waals surface area contributed by atoms with Crippen LogP contribution in [0.2, 0.25) is 0 Å². The van der Waals surface area contributed by atoms with Gasteiger partial charge >= 0.3 is 6.03 Å². The molecule has 0 aliphatic rings. The molecule has 3 aromatic rings. The van der Waals surface area contributed by atoms with Gasteiger partial charge in [0.25, 0.3) is 0 Å². The van der Waals surface area contributed by atoms with E-state index in [4.69, 9.17) is 4.74 Å². The molecular weight excluding hydrogens is 374 g/mol. The summed E-state index contributed by atoms with van der Waals surface area (Å²) < 4.78 is 5.26. The number of urea groups is 1. The molecule has 0 aromatic heterocycles. The molecule has 30 heavy (non-hydrogen) atoms. The molecule has 3 rings (SSSR count). The molecule has 0 radical (unpaired) electrons. The molecule has 0 atom stereocenters. The normalized spacial score (nSPS) is 10.4. The molecule has 0 saturated carbocycles. The molecule has 0 aliphatic heterocycles. The fourth-order valence-corrected chi connectivity index (χ4v) is 3.18. The van der Waals surface area contributed by atoms with Crippen LogP contribution in [0.3, 0.4) is 0 Å². The minimum absolute atomic E-state index is 0.129. The number of benzene rings is 3. The Hall–Kier alpha value is -3.47. The second kappa shape index (κ2) is 10.3. The van der Waals surface area contributed by atoms with Gasteiger partial charge in [-0.05, 0) is 41.8 Å². The SMILES string of the molecule is COc1cccc(NC(=O)N(CCc2ccccc2)Cc2ccc(N(C)C)cc2)c1. The maximum atomic E-state index is 13.1. The number of hydrogen-bond acceptors (Lipinski definition) is 3. The Kier molecular flexibility index (Phi) is 7.33. The summed E-state index contributed by atoms with van der Waals surface area (Å²) >= 11 is 0. The molecule has 0 bridgehead atoms. The molecule has 0 unspecified atom stereocenters. The Labute approximate surface area is 178 Å². The third-order valence-corrected chi connectivity index (χ3v) is 4.95. The van der Waals surface area contributed by atoms with Crippen molar-refractivity contribution in [3.63, 3.8) is 0 Å². The van der Waals surface area contributed by atoms with Gasteiger partial charge in [0.2, 0.25) is 0 Å². The standard InChI is InChI=1S/C25H29N3O2/c1-27(2)23-14-12-21(13-15-23)19-28(17-16-20-8-5-4-6-9-20)25(29)26-22-10-7-11-24(18-22)30-3/h4-15,18H,16-17,19H2,1-3H3,(H,26,29). The highest BCUT2D eigenvalue weighted by atomic mass is 16.5. The molecule has 0 saturated heterocycles. The Bertz CT molecular complexity index is 940. The number of amides is 2. The number of methoxy groups -OCH3 is 1. The Morgan fingerprint density at radius 3 is 2.30 bits per heavy atom. The van der Waals surface area contributed by atoms with Crippen molar-refractivity contribution in [1.29, 1.82) is 0 Å². The largest absolute Gasteiger partial charge is 0.497 e. The van der Waals surface area contributed by atoms with Crippen molar-refractivity contribution in [3.8, 4) is 5.75 Å². The summed E-state index contributed by atoms with van der Waals surface area (Å²) in [4.78, 5) is 17.0. The van der Waals surface area contributed by atoms with Crippen LogP contribution in [-0.2, 0) is 13.0 Å². The van der Waals surface area contributed by atoms with E-state index in [0.29, 0.717) is 24.5 Å². The molecule has 1 N–H and O–H groups in total. The van der Waals surface area contributed by atoms with Crippen LogP contribution in [0.25, 0.3) is 0 Å². The third-order valence-electron chi connectivity index (χ3n) is 4.95. The molecule has 0 spiro atoms. The lowest BCUT2D eigenvalue weighted by molar-refractivity contribution is 0.210. The lowest BCUT2D eigenvalue weighted by atomic mass is 10.1. The van der Waals surface area contributed by atoms with Gasteiger partial charge in [-0.3, -0.25) is 0 Å². The predicted molar refractivity (Wildman–Crippen MR) is 123 cm³/mol. The molecule has 5 nitrogen and oxygen atoms in total. The molecule has 2 amide bonds. The van der Waals surface area contributed by atoms with Gasteiger partial charge in [-0.2, -0.15) is 0 Å². The molecule has 156 valence electrons. The topological polar surface area (TPSA) is 44.8 Å². The number of hydrogen-bond donors (Lipinski definition) is 1. The van der Waals surface area contributed by atoms with Crippen LogP contribution in [0.5, 0.6) is 5.75 Å². The van der Waals surface area contributed by atoms with E-state index in [1.54, 1.807) is 7.11 Å². The highest BCUT2D eigenvalue weighted by Gasteiger charge is 2.15. The first kappa shape index (κ1) is 21.2. The highest BCUT2D eigenvalue weighted by molar-refractivity contribution is 5.89. The molecule has 3 aromatic carbocycles. The van der Waals surface area contributed by atoms with Crippen LogP contribution in [0, 0.1) is 0 Å². The van der Waals surface area contributed by atoms with E-state index in [1.165, 1.54) is 5.56 Å². The van der Waals surface area contributed by atoms with Crippen LogP contribution in [0.4, 0.5) is 16.2 Å². The fraction of sp³-hybridized carbons (Fsp3) is 0.240. The first-order valence-electron chi connectivity index (χ1n) is 10.1. The molecule has 0 fully saturated rings. The average Bonchev–Trinajstić information content (AvgIpc) is 2.77. The summed E-state index contributed by atoms with van der Waals surface area (Å²) in [6, 6.07) is 25.8. The van der Waals surface area contributed by atoms with Crippen LogP contribution < -0.4 is 15.0 Å². The third kappa shape index (κ3) is 6.01. The summed E-state index contributed by atoms with van der Waals surface area (Å²) in [5.41, 5.74) is 4.15. The van der Waals surface area contributed by atoms with Gasteiger partial charge in [-0.1, -0.05) is 48.5 Å². The Balaban J connectivity index is 1.74. The maximum absolute atomic E-state index is 13.1. The quantitative estimate of drug-likeness (QED) is 0.573. The van der Waals surface area contributed by atoms with Crippen molar-refractivity contribution in [2.24, 2.45) is 0 Å². The van der Waals surface area contributed by atoms with Crippen molar-refractivity contribution in [2.45, 2.75) is 13.0 Å². The van der Waals surface area contributed by atoms with Crippen molar-refractivity contribution in [1.82, 2.24) is 4.90 Å². The number of anilines is 2. The molecule has 5 heteroatoms. The van der Waals surface area contributed by atoms with Crippen molar-refractivity contribution >= 4 is 17.4 Å². The van der Waals surface area contributed by atoms with Gasteiger partial charge in [-0.25, -0.2) is 4.79 Å². The zero-order chi connectivity index (χ0) is 21.3. The summed E-state index contributed by atoms with van der Waals surface area (Å²) in [6.07, 6.45) is 0.794. The van der Waals surface area contributed by atoms with E-state index in [2.05, 4.69) is 46.6 Å². The maximum Gasteiger partial charge on any atom is 0.322 e. The van der Waals surface area contributed by atoms with Gasteiger partial charge in [0.05, 0.1) is 7.11 Å². The van der Waals surface area contributed by atoms with Gasteiger partial charge in [-0.15, -0.1) is 0 Å². The summed E-state index contributed by atoms with van der Waals surface area (Å²) in [5.74, 6) is 0.711. The monoisotopic (exact) mass is 403 g/mol. The van der Waals surface area contributed by atoms with Gasteiger partial charge in [0.1, 0.15) is 5.75 Å². The zero-order valence-corrected chi connectivity index (χ0v) is 17.8. The molecular formula is C25H29N3O2. The minimum atomic E-state index is -0.129. The van der Waals surface area contributed by atoms with Gasteiger partial charge in [0.15, 0.2) is 0 Å². The van der Waals surface area contributed by atoms with Crippen LogP contribution in [-0.4, -0.2) is 38.7 Å². The van der Waals surface area contributed by atoms with Gasteiger partial charge in [0, 0.05) is 44.6 Å². The lowest BCUT2D eigenvalue weighted by Gasteiger charge is -2.24. The number of rotatable bonds is 8. The van der Waals surface area contributed by atoms with E-state index in [0.717, 1.165) is 17.7 Å². The second-order valence-electron chi connectivity index (χ2n) is 7.38. The number of nitrogens with one attached hydrogen (secondary N) is 1. The van der Waals surface area contributed by atoms with Crippen molar-refractivity contribution < 1.29 is 9.53 Å². The van der Waals surface area contributed by atoms with Gasteiger partial charge < -0.3 is 19.9 Å². The van der Waals surface area contributed by atoms with E-state index >= 15 is 0 Å². The van der Waals surface area contributed by atoms with Crippen molar-refractivity contribution in [3.05, 3.63) is 90.0 Å². The van der Waals surface area contributed by atoms with Crippen LogP contribution >= 0.6 is 0 Å². The summed E-state index contributed by atoms with van der Waals surface area (Å²) in [7, 11) is 5.65. The van der Waals surface area contributed by atoms with E-state index in [9.17, 15) is 4.79 Å². The van der Waals surface area contributed by atoms with Crippen molar-refractivity contribution in [2.75, 3.05) is 38.0 Å². The highest BCUT2D eigenvalue weighted by Crippen LogP contribution is 2.19. The van der Waals surface area contributed by atoms with E-state index < -0.39 is 0 Å². The average molecular weight is 404 g/mol. The number of nitrogens with zero attached hydrogens (tertiary/aromatic N) is 2. The summed E-state index contributed by atoms with van der Waals surface area (Å²) in [6.45, 7) is 1.16. The smallest absolute Gasteiger partial charge is 0.322 e. The first-order valence-corrected chi connectivity index (χ1v) is 10.1. The fourth-order valence-electron chi connectivity index (χ4n) is 3.18. The summed E-state index contributed by atoms with van der Waals surface area (Å²) in [5, 5.41) is 3.00. The lowest BCUT2D eigenvalue weighted by Crippen LogP contribution is -2.36. The predicted octanol–water partition coefficient (Wildman–Crippen LogP) is 5.04. The van der Waals surface area contributed by atoms with E-state index in [-0.39, 0.29) is 6.03 Å². The number of carbonyl (C=O) groups excluding carboxylic acids is 1. The minimum Gasteiger partial charge on any atom is -0.497 e. The second-order valence-corrected chi connectivity index (χ2v) is 7.38. The number of ether oxygens (including phenoxy) is 1. The zero-order valence-electron chi connectivity index (χ0n) is 17.8. The molecule has 0 heterocycles. The molecule has 0 aliphatic carbocycles. The Morgan fingerprint density at radius 1 is 0.900 bits per heavy atom. The first-order chi connectivity index (χ1) is 14.5. The van der Waals surface area contributed by atoms with Crippen LogP contribution in [0.1, 0.15) is 11.1 Å². The number of carbonyl (C=O) groups is 1. The Morgan fingerprint density at radius 2 is 1.63 bits per heavy atom. The van der Waals surface area contributed by atoms with Crippen LogP contribution in [0.15, 0.2) is 78.9 Å². The van der Waals surface area contributed by atoms with E-state index in [1.807, 2.05) is 61.5 Å².